The molecular weight excluding hydrogens is 747 g/mol. The summed E-state index contributed by atoms with van der Waals surface area (Å²) in [5.41, 5.74) is 17.5. The van der Waals surface area contributed by atoms with Gasteiger partial charge in [-0.15, -0.1) is 11.3 Å². The maximum Gasteiger partial charge on any atom is 0.143 e. The van der Waals surface area contributed by atoms with Crippen molar-refractivity contribution in [1.29, 1.82) is 0 Å². The van der Waals surface area contributed by atoms with Crippen molar-refractivity contribution >= 4 is 70.5 Å². The van der Waals surface area contributed by atoms with Crippen molar-refractivity contribution in [3.63, 3.8) is 0 Å². The zero-order valence-electron chi connectivity index (χ0n) is 33.3. The van der Waals surface area contributed by atoms with E-state index in [1.807, 2.05) is 17.4 Å². The van der Waals surface area contributed by atoms with E-state index in [-0.39, 0.29) is 5.41 Å². The Morgan fingerprint density at radius 1 is 0.400 bits per heavy atom. The Bertz CT molecular complexity index is 3460. The molecule has 1 aliphatic rings. The Morgan fingerprint density at radius 2 is 0.950 bits per heavy atom. The number of hydrogen-bond donors (Lipinski definition) is 0. The molecule has 12 rings (SSSR count). The van der Waals surface area contributed by atoms with Crippen LogP contribution >= 0.6 is 11.3 Å². The Balaban J connectivity index is 0.972. The lowest BCUT2D eigenvalue weighted by atomic mass is 9.82. The summed E-state index contributed by atoms with van der Waals surface area (Å²) in [6.45, 7) is 4.71. The predicted octanol–water partition coefficient (Wildman–Crippen LogP) is 16.7. The number of nitrogens with zero attached hydrogens (tertiary/aromatic N) is 1. The van der Waals surface area contributed by atoms with Crippen LogP contribution in [0.25, 0.3) is 86.6 Å². The monoisotopic (exact) mass is 785 g/mol. The average molecular weight is 786 g/mol. The molecule has 0 N–H and O–H groups in total. The van der Waals surface area contributed by atoms with Crippen LogP contribution in [0.15, 0.2) is 205 Å². The van der Waals surface area contributed by atoms with E-state index in [9.17, 15) is 0 Å². The number of anilines is 3. The second-order valence-electron chi connectivity index (χ2n) is 16.4. The highest BCUT2D eigenvalue weighted by molar-refractivity contribution is 7.26. The van der Waals surface area contributed by atoms with Gasteiger partial charge in [0.15, 0.2) is 0 Å². The summed E-state index contributed by atoms with van der Waals surface area (Å²) in [6, 6.07) is 73.0. The summed E-state index contributed by atoms with van der Waals surface area (Å²) in [7, 11) is 0. The lowest BCUT2D eigenvalue weighted by Gasteiger charge is -2.28. The van der Waals surface area contributed by atoms with Crippen LogP contribution in [0, 0.1) is 0 Å². The number of fused-ring (bicyclic) bond motifs is 9. The van der Waals surface area contributed by atoms with Gasteiger partial charge in [-0.05, 0) is 98.6 Å². The molecule has 0 saturated carbocycles. The molecule has 2 nitrogen and oxygen atoms in total. The van der Waals surface area contributed by atoms with Crippen molar-refractivity contribution < 1.29 is 4.42 Å². The summed E-state index contributed by atoms with van der Waals surface area (Å²) in [5, 5.41) is 4.91. The number of furan rings is 1. The maximum atomic E-state index is 6.51. The SMILES string of the molecule is CC1(C)c2ccccc2-c2ccc(N(c3ccc(-c4ccccc4-c4cccc5c4oc4ccccc45)cc3)c3ccc(-c4cccc5c4sc4ccccc45)cc3)cc21. The van der Waals surface area contributed by atoms with Crippen LogP contribution in [0.4, 0.5) is 17.1 Å². The molecule has 0 saturated heterocycles. The number of rotatable bonds is 6. The van der Waals surface area contributed by atoms with Crippen molar-refractivity contribution in [3.8, 4) is 44.5 Å². The van der Waals surface area contributed by atoms with Crippen LogP contribution < -0.4 is 4.90 Å². The second-order valence-corrected chi connectivity index (χ2v) is 17.5. The van der Waals surface area contributed by atoms with Crippen LogP contribution in [0.1, 0.15) is 25.0 Å². The van der Waals surface area contributed by atoms with Gasteiger partial charge in [0.05, 0.1) is 0 Å². The minimum absolute atomic E-state index is 0.114. The van der Waals surface area contributed by atoms with E-state index < -0.39 is 0 Å². The summed E-state index contributed by atoms with van der Waals surface area (Å²) in [5.74, 6) is 0. The summed E-state index contributed by atoms with van der Waals surface area (Å²) in [4.78, 5) is 2.41. The second kappa shape index (κ2) is 13.4. The molecule has 0 bridgehead atoms. The van der Waals surface area contributed by atoms with Crippen LogP contribution in [-0.4, -0.2) is 0 Å². The molecule has 2 heterocycles. The van der Waals surface area contributed by atoms with Gasteiger partial charge in [0.25, 0.3) is 0 Å². The molecular formula is C57H39NOS. The van der Waals surface area contributed by atoms with Gasteiger partial charge in [-0.25, -0.2) is 0 Å². The van der Waals surface area contributed by atoms with E-state index in [1.54, 1.807) is 0 Å². The zero-order chi connectivity index (χ0) is 40.0. The number of para-hydroxylation sites is 2. The number of benzene rings is 9. The van der Waals surface area contributed by atoms with Gasteiger partial charge < -0.3 is 9.32 Å². The fourth-order valence-corrected chi connectivity index (χ4v) is 11.0. The fraction of sp³-hybridized carbons (Fsp3) is 0.0526. The summed E-state index contributed by atoms with van der Waals surface area (Å²) < 4.78 is 9.16. The molecule has 0 amide bonds. The van der Waals surface area contributed by atoms with E-state index in [2.05, 4.69) is 213 Å². The number of thiophene rings is 1. The molecule has 11 aromatic rings. The Labute approximate surface area is 353 Å². The van der Waals surface area contributed by atoms with Crippen molar-refractivity contribution in [2.45, 2.75) is 19.3 Å². The Hall–Kier alpha value is -7.20. The van der Waals surface area contributed by atoms with Crippen molar-refractivity contribution in [2.75, 3.05) is 4.90 Å². The van der Waals surface area contributed by atoms with E-state index in [4.69, 9.17) is 4.42 Å². The van der Waals surface area contributed by atoms with Crippen LogP contribution in [-0.2, 0) is 5.41 Å². The van der Waals surface area contributed by atoms with Crippen molar-refractivity contribution in [2.24, 2.45) is 0 Å². The fourth-order valence-electron chi connectivity index (χ4n) is 9.76. The molecule has 0 radical (unpaired) electrons. The van der Waals surface area contributed by atoms with Gasteiger partial charge in [0, 0.05) is 59.0 Å². The first-order valence-electron chi connectivity index (χ1n) is 20.7. The molecule has 0 unspecified atom stereocenters. The molecule has 1 aliphatic carbocycles. The van der Waals surface area contributed by atoms with Gasteiger partial charge in [0.2, 0.25) is 0 Å². The summed E-state index contributed by atoms with van der Waals surface area (Å²) in [6.07, 6.45) is 0. The van der Waals surface area contributed by atoms with Gasteiger partial charge in [-0.2, -0.15) is 0 Å². The largest absolute Gasteiger partial charge is 0.455 e. The average Bonchev–Trinajstić information content (AvgIpc) is 3.95. The lowest BCUT2D eigenvalue weighted by molar-refractivity contribution is 0.660. The molecule has 0 aliphatic heterocycles. The molecule has 284 valence electrons. The molecule has 9 aromatic carbocycles. The first-order valence-corrected chi connectivity index (χ1v) is 21.5. The third-order valence-electron chi connectivity index (χ3n) is 12.7. The highest BCUT2D eigenvalue weighted by atomic mass is 32.1. The zero-order valence-corrected chi connectivity index (χ0v) is 34.1. The van der Waals surface area contributed by atoms with Gasteiger partial charge in [-0.1, -0.05) is 166 Å². The van der Waals surface area contributed by atoms with Gasteiger partial charge in [0.1, 0.15) is 11.2 Å². The minimum Gasteiger partial charge on any atom is -0.455 e. The number of hydrogen-bond acceptors (Lipinski definition) is 3. The highest BCUT2D eigenvalue weighted by Gasteiger charge is 2.35. The minimum atomic E-state index is -0.114. The van der Waals surface area contributed by atoms with Gasteiger partial charge >= 0.3 is 0 Å². The van der Waals surface area contributed by atoms with Crippen molar-refractivity contribution in [1.82, 2.24) is 0 Å². The van der Waals surface area contributed by atoms with Crippen LogP contribution in [0.5, 0.6) is 0 Å². The molecule has 0 spiro atoms. The predicted molar refractivity (Wildman–Crippen MR) is 255 cm³/mol. The maximum absolute atomic E-state index is 6.51. The molecule has 60 heavy (non-hydrogen) atoms. The van der Waals surface area contributed by atoms with E-state index in [0.29, 0.717) is 0 Å². The standard InChI is InChI=1S/C57H39NOS/c1-57(2)51-22-8-5-15-44(51)45-34-33-40(35-52(45)57)58(39-31-27-37(28-32-39)42-18-11-21-50-47-17-7-10-24-54(47)60-56(42)50)38-29-25-36(26-30-38)41-13-3-4-14-43(41)48-19-12-20-49-46-16-6-9-23-53(46)59-55(48)49/h3-35H,1-2H3. The smallest absolute Gasteiger partial charge is 0.143 e. The normalized spacial score (nSPS) is 13.0. The molecule has 0 fully saturated rings. The van der Waals surface area contributed by atoms with Crippen LogP contribution in [0.3, 0.4) is 0 Å². The van der Waals surface area contributed by atoms with E-state index >= 15 is 0 Å². The topological polar surface area (TPSA) is 16.4 Å². The van der Waals surface area contributed by atoms with E-state index in [0.717, 1.165) is 55.7 Å². The molecule has 0 atom stereocenters. The Kier molecular flexibility index (Phi) is 7.79. The first-order chi connectivity index (χ1) is 29.5. The molecule has 3 heteroatoms. The van der Waals surface area contributed by atoms with Crippen LogP contribution in [0.2, 0.25) is 0 Å². The highest BCUT2D eigenvalue weighted by Crippen LogP contribution is 2.51. The quantitative estimate of drug-likeness (QED) is 0.167. The first kappa shape index (κ1) is 34.8. The van der Waals surface area contributed by atoms with Gasteiger partial charge in [-0.3, -0.25) is 0 Å². The third-order valence-corrected chi connectivity index (χ3v) is 13.9. The lowest BCUT2D eigenvalue weighted by Crippen LogP contribution is -2.16. The molecule has 2 aromatic heterocycles. The Morgan fingerprint density at radius 3 is 1.73 bits per heavy atom. The van der Waals surface area contributed by atoms with E-state index in [1.165, 1.54) is 59.1 Å². The summed E-state index contributed by atoms with van der Waals surface area (Å²) >= 11 is 1.88. The third kappa shape index (κ3) is 5.33. The van der Waals surface area contributed by atoms with Crippen molar-refractivity contribution in [3.05, 3.63) is 211 Å².